The number of nitrogens with one attached hydrogen (secondary N) is 1. The van der Waals surface area contributed by atoms with Gasteiger partial charge in [0.25, 0.3) is 0 Å². The molecule has 0 aliphatic heterocycles. The summed E-state index contributed by atoms with van der Waals surface area (Å²) in [5.74, 6) is 0.930. The molecule has 2 nitrogen and oxygen atoms in total. The predicted molar refractivity (Wildman–Crippen MR) is 118 cm³/mol. The Morgan fingerprint density at radius 1 is 0.714 bits per heavy atom. The second-order valence-electron chi connectivity index (χ2n) is 7.26. The smallest absolute Gasteiger partial charge is 0.125 e. The first kappa shape index (κ1) is 18.1. The summed E-state index contributed by atoms with van der Waals surface area (Å²) in [5, 5.41) is 6.00. The molecule has 0 fully saturated rings. The summed E-state index contributed by atoms with van der Waals surface area (Å²) in [7, 11) is 0. The van der Waals surface area contributed by atoms with Crippen molar-refractivity contribution < 1.29 is 4.74 Å². The predicted octanol–water partition coefficient (Wildman–Crippen LogP) is 6.65. The molecular weight excluding hydrogens is 342 g/mol. The largest absolute Gasteiger partial charge is 0.489 e. The molecule has 0 saturated heterocycles. The van der Waals surface area contributed by atoms with Crippen LogP contribution in [0, 0.1) is 13.8 Å². The van der Waals surface area contributed by atoms with Crippen LogP contribution in [-0.4, -0.2) is 0 Å². The van der Waals surface area contributed by atoms with Crippen molar-refractivity contribution in [2.24, 2.45) is 0 Å². The molecule has 0 radical (unpaired) electrons. The van der Waals surface area contributed by atoms with Crippen molar-refractivity contribution in [2.75, 3.05) is 5.32 Å². The van der Waals surface area contributed by atoms with Crippen LogP contribution in [0.3, 0.4) is 0 Å². The lowest BCUT2D eigenvalue weighted by atomic mass is 10.0. The summed E-state index contributed by atoms with van der Waals surface area (Å²) in [5.41, 5.74) is 6.00. The Hall–Kier alpha value is -3.26. The van der Waals surface area contributed by atoms with E-state index in [4.69, 9.17) is 4.74 Å². The second kappa shape index (κ2) is 8.18. The Balaban J connectivity index is 1.60. The number of benzene rings is 4. The summed E-state index contributed by atoms with van der Waals surface area (Å²) in [6.07, 6.45) is 0. The number of anilines is 1. The molecule has 0 aliphatic carbocycles. The molecule has 0 amide bonds. The maximum absolute atomic E-state index is 6.24. The molecule has 0 atom stereocenters. The molecule has 4 aromatic carbocycles. The highest BCUT2D eigenvalue weighted by Gasteiger charge is 2.09. The van der Waals surface area contributed by atoms with Crippen molar-refractivity contribution in [1.82, 2.24) is 0 Å². The molecule has 140 valence electrons. The molecule has 28 heavy (non-hydrogen) atoms. The average Bonchev–Trinajstić information content (AvgIpc) is 2.73. The van der Waals surface area contributed by atoms with Gasteiger partial charge in [-0.05, 0) is 48.4 Å². The lowest BCUT2D eigenvalue weighted by Crippen LogP contribution is -2.04. The Morgan fingerprint density at radius 3 is 2.14 bits per heavy atom. The molecule has 0 aromatic heterocycles. The van der Waals surface area contributed by atoms with E-state index in [-0.39, 0.29) is 0 Å². The fraction of sp³-hybridized carbons (Fsp3) is 0.154. The molecular formula is C26H25NO. The Morgan fingerprint density at radius 2 is 1.39 bits per heavy atom. The van der Waals surface area contributed by atoms with E-state index in [9.17, 15) is 0 Å². The first-order chi connectivity index (χ1) is 13.7. The van der Waals surface area contributed by atoms with E-state index in [2.05, 4.69) is 104 Å². The van der Waals surface area contributed by atoms with Gasteiger partial charge in [0.15, 0.2) is 0 Å². The van der Waals surface area contributed by atoms with Crippen LogP contribution in [0.5, 0.6) is 5.75 Å². The van der Waals surface area contributed by atoms with Gasteiger partial charge in [-0.3, -0.25) is 0 Å². The number of ether oxygens (including phenoxy) is 1. The van der Waals surface area contributed by atoms with Gasteiger partial charge in [-0.15, -0.1) is 0 Å². The second-order valence-corrected chi connectivity index (χ2v) is 7.26. The van der Waals surface area contributed by atoms with Crippen LogP contribution in [-0.2, 0) is 13.2 Å². The van der Waals surface area contributed by atoms with E-state index in [0.29, 0.717) is 13.2 Å². The normalized spacial score (nSPS) is 10.8. The van der Waals surface area contributed by atoms with Gasteiger partial charge < -0.3 is 10.1 Å². The van der Waals surface area contributed by atoms with Gasteiger partial charge in [0.2, 0.25) is 0 Å². The molecule has 0 bridgehead atoms. The number of aryl methyl sites for hydroxylation is 2. The van der Waals surface area contributed by atoms with Crippen molar-refractivity contribution in [3.05, 3.63) is 107 Å². The lowest BCUT2D eigenvalue weighted by Gasteiger charge is -2.16. The Bertz CT molecular complexity index is 1070. The van der Waals surface area contributed by atoms with Crippen molar-refractivity contribution in [3.63, 3.8) is 0 Å². The van der Waals surface area contributed by atoms with E-state index in [1.807, 2.05) is 0 Å². The Kier molecular flexibility index (Phi) is 5.29. The maximum Gasteiger partial charge on any atom is 0.125 e. The minimum atomic E-state index is 0.566. The fourth-order valence-corrected chi connectivity index (χ4v) is 3.34. The van der Waals surface area contributed by atoms with Crippen molar-refractivity contribution in [2.45, 2.75) is 27.0 Å². The zero-order valence-electron chi connectivity index (χ0n) is 16.4. The van der Waals surface area contributed by atoms with Gasteiger partial charge in [0.1, 0.15) is 12.4 Å². The SMILES string of the molecule is Cc1ccc(COc2ccc3ccccc3c2CNc2ccc(C)cc2)cc1. The topological polar surface area (TPSA) is 21.3 Å². The average molecular weight is 367 g/mol. The summed E-state index contributed by atoms with van der Waals surface area (Å²) in [4.78, 5) is 0. The van der Waals surface area contributed by atoms with Crippen molar-refractivity contribution in [1.29, 1.82) is 0 Å². The molecule has 0 heterocycles. The van der Waals surface area contributed by atoms with Crippen molar-refractivity contribution >= 4 is 16.5 Å². The van der Waals surface area contributed by atoms with Gasteiger partial charge >= 0.3 is 0 Å². The van der Waals surface area contributed by atoms with Crippen LogP contribution in [0.2, 0.25) is 0 Å². The molecule has 0 saturated carbocycles. The zero-order chi connectivity index (χ0) is 19.3. The summed E-state index contributed by atoms with van der Waals surface area (Å²) >= 11 is 0. The van der Waals surface area contributed by atoms with Gasteiger partial charge in [0, 0.05) is 17.8 Å². The molecule has 4 aromatic rings. The number of fused-ring (bicyclic) bond motifs is 1. The minimum Gasteiger partial charge on any atom is -0.489 e. The number of rotatable bonds is 6. The quantitative estimate of drug-likeness (QED) is 0.412. The Labute approximate surface area is 166 Å². The number of hydrogen-bond donors (Lipinski definition) is 1. The van der Waals surface area contributed by atoms with Crippen LogP contribution >= 0.6 is 0 Å². The van der Waals surface area contributed by atoms with Gasteiger partial charge in [-0.1, -0.05) is 77.9 Å². The van der Waals surface area contributed by atoms with Crippen LogP contribution in [0.1, 0.15) is 22.3 Å². The molecule has 0 unspecified atom stereocenters. The molecule has 2 heteroatoms. The van der Waals surface area contributed by atoms with Crippen LogP contribution in [0.25, 0.3) is 10.8 Å². The highest BCUT2D eigenvalue weighted by molar-refractivity contribution is 5.88. The van der Waals surface area contributed by atoms with Gasteiger partial charge in [-0.25, -0.2) is 0 Å². The third kappa shape index (κ3) is 4.17. The highest BCUT2D eigenvalue weighted by atomic mass is 16.5. The number of hydrogen-bond acceptors (Lipinski definition) is 2. The van der Waals surface area contributed by atoms with E-state index in [0.717, 1.165) is 11.4 Å². The molecule has 1 N–H and O–H groups in total. The monoisotopic (exact) mass is 367 g/mol. The standard InChI is InChI=1S/C26H25NO/c1-19-7-11-21(12-8-19)18-28-26-16-13-22-5-3-4-6-24(22)25(26)17-27-23-14-9-20(2)10-15-23/h3-16,27H,17-18H2,1-2H3. The fourth-order valence-electron chi connectivity index (χ4n) is 3.34. The molecule has 4 rings (SSSR count). The van der Waals surface area contributed by atoms with E-state index >= 15 is 0 Å². The van der Waals surface area contributed by atoms with Gasteiger partial charge in [-0.2, -0.15) is 0 Å². The van der Waals surface area contributed by atoms with Gasteiger partial charge in [0.05, 0.1) is 0 Å². The third-order valence-electron chi connectivity index (χ3n) is 5.03. The third-order valence-corrected chi connectivity index (χ3v) is 5.03. The summed E-state index contributed by atoms with van der Waals surface area (Å²) < 4.78 is 6.24. The zero-order valence-corrected chi connectivity index (χ0v) is 16.4. The van der Waals surface area contributed by atoms with E-state index in [1.54, 1.807) is 0 Å². The lowest BCUT2D eigenvalue weighted by molar-refractivity contribution is 0.304. The first-order valence-electron chi connectivity index (χ1n) is 9.68. The molecule has 0 aliphatic rings. The van der Waals surface area contributed by atoms with Crippen LogP contribution < -0.4 is 10.1 Å². The maximum atomic E-state index is 6.24. The van der Waals surface area contributed by atoms with Crippen LogP contribution in [0.15, 0.2) is 84.9 Å². The minimum absolute atomic E-state index is 0.566. The molecule has 0 spiro atoms. The van der Waals surface area contributed by atoms with E-state index in [1.165, 1.54) is 33.0 Å². The van der Waals surface area contributed by atoms with E-state index < -0.39 is 0 Å². The summed E-state index contributed by atoms with van der Waals surface area (Å²) in [6.45, 7) is 5.48. The van der Waals surface area contributed by atoms with Crippen molar-refractivity contribution in [3.8, 4) is 5.75 Å². The first-order valence-corrected chi connectivity index (χ1v) is 9.68. The summed E-state index contributed by atoms with van der Waals surface area (Å²) in [6, 6.07) is 29.7. The highest BCUT2D eigenvalue weighted by Crippen LogP contribution is 2.29. The van der Waals surface area contributed by atoms with Crippen LogP contribution in [0.4, 0.5) is 5.69 Å².